The molecular weight excluding hydrogens is 372 g/mol. The molecule has 0 atom stereocenters. The zero-order chi connectivity index (χ0) is 19.2. The van der Waals surface area contributed by atoms with Crippen LogP contribution in [0.3, 0.4) is 0 Å². The molecule has 1 amide bonds. The van der Waals surface area contributed by atoms with Crippen LogP contribution >= 0.6 is 22.9 Å². The third kappa shape index (κ3) is 4.62. The van der Waals surface area contributed by atoms with E-state index in [2.05, 4.69) is 10.3 Å². The van der Waals surface area contributed by atoms with E-state index < -0.39 is 5.41 Å². The fourth-order valence-electron chi connectivity index (χ4n) is 2.90. The van der Waals surface area contributed by atoms with Crippen LogP contribution < -0.4 is 5.32 Å². The predicted molar refractivity (Wildman–Crippen MR) is 105 cm³/mol. The lowest BCUT2D eigenvalue weighted by atomic mass is 9.75. The fraction of sp³-hybridized carbons (Fsp3) is 0.421. The highest BCUT2D eigenvalue weighted by Crippen LogP contribution is 2.34. The number of aromatic nitrogens is 1. The van der Waals surface area contributed by atoms with E-state index in [1.807, 2.05) is 26.0 Å². The predicted octanol–water partition coefficient (Wildman–Crippen LogP) is 4.60. The molecule has 1 N–H and O–H groups in total. The van der Waals surface area contributed by atoms with E-state index in [1.54, 1.807) is 24.4 Å². The molecule has 7 heteroatoms. The molecule has 0 aliphatic heterocycles. The molecule has 1 aromatic heterocycles. The summed E-state index contributed by atoms with van der Waals surface area (Å²) in [7, 11) is 0. The number of hydrogen-bond donors (Lipinski definition) is 1. The van der Waals surface area contributed by atoms with Crippen LogP contribution in [-0.2, 0) is 26.2 Å². The Morgan fingerprint density at radius 3 is 2.42 bits per heavy atom. The van der Waals surface area contributed by atoms with E-state index in [0.29, 0.717) is 35.3 Å². The smallest absolute Gasteiger partial charge is 0.311 e. The Morgan fingerprint density at radius 2 is 1.85 bits per heavy atom. The van der Waals surface area contributed by atoms with E-state index in [-0.39, 0.29) is 18.3 Å². The maximum Gasteiger partial charge on any atom is 0.311 e. The van der Waals surface area contributed by atoms with Crippen molar-refractivity contribution in [2.45, 2.75) is 45.4 Å². The van der Waals surface area contributed by atoms with Crippen molar-refractivity contribution in [3.63, 3.8) is 0 Å². The number of nitrogens with one attached hydrogen (secondary N) is 1. The van der Waals surface area contributed by atoms with Crippen molar-refractivity contribution in [3.05, 3.63) is 45.9 Å². The fourth-order valence-corrected chi connectivity index (χ4v) is 3.73. The van der Waals surface area contributed by atoms with Crippen LogP contribution in [0.2, 0.25) is 5.02 Å². The maximum absolute atomic E-state index is 13.0. The Hall–Kier alpha value is -1.92. The summed E-state index contributed by atoms with van der Waals surface area (Å²) in [4.78, 5) is 28.9. The molecule has 0 bridgehead atoms. The summed E-state index contributed by atoms with van der Waals surface area (Å²) < 4.78 is 4.92. The van der Waals surface area contributed by atoms with Crippen molar-refractivity contribution < 1.29 is 14.3 Å². The molecule has 0 aliphatic rings. The summed E-state index contributed by atoms with van der Waals surface area (Å²) in [5.74, 6) is -0.435. The number of halogens is 1. The number of rotatable bonds is 8. The summed E-state index contributed by atoms with van der Waals surface area (Å²) >= 11 is 7.28. The highest BCUT2D eigenvalue weighted by molar-refractivity contribution is 7.14. The number of thiazole rings is 1. The number of esters is 1. The number of hydrogen-bond acceptors (Lipinski definition) is 5. The molecule has 0 fully saturated rings. The molecular formula is C19H23ClN2O3S. The molecule has 0 aliphatic carbocycles. The van der Waals surface area contributed by atoms with Gasteiger partial charge in [0.15, 0.2) is 5.13 Å². The molecule has 5 nitrogen and oxygen atoms in total. The average Bonchev–Trinajstić information content (AvgIpc) is 3.05. The Balaban J connectivity index is 2.16. The van der Waals surface area contributed by atoms with Gasteiger partial charge in [-0.3, -0.25) is 9.59 Å². The van der Waals surface area contributed by atoms with Gasteiger partial charge in [-0.1, -0.05) is 37.6 Å². The topological polar surface area (TPSA) is 68.3 Å². The second-order valence-electron chi connectivity index (χ2n) is 5.88. The molecule has 0 spiro atoms. The maximum atomic E-state index is 13.0. The monoisotopic (exact) mass is 394 g/mol. The SMILES string of the molecule is CCOC(=O)Cc1csc(NC(=O)C(CC)(CC)c2ccc(Cl)cc2)n1. The highest BCUT2D eigenvalue weighted by Gasteiger charge is 2.37. The molecule has 140 valence electrons. The summed E-state index contributed by atoms with van der Waals surface area (Å²) in [5, 5.41) is 5.78. The van der Waals surface area contributed by atoms with Crippen LogP contribution in [0.25, 0.3) is 0 Å². The highest BCUT2D eigenvalue weighted by atomic mass is 35.5. The number of carbonyl (C=O) groups is 2. The molecule has 2 rings (SSSR count). The van der Waals surface area contributed by atoms with Gasteiger partial charge in [0.25, 0.3) is 0 Å². The van der Waals surface area contributed by atoms with Crippen molar-refractivity contribution in [3.8, 4) is 0 Å². The minimum atomic E-state index is -0.655. The zero-order valence-corrected chi connectivity index (χ0v) is 16.7. The Kier molecular flexibility index (Phi) is 7.17. The molecule has 1 aromatic carbocycles. The third-order valence-corrected chi connectivity index (χ3v) is 5.50. The number of anilines is 1. The van der Waals surface area contributed by atoms with E-state index >= 15 is 0 Å². The van der Waals surface area contributed by atoms with E-state index in [0.717, 1.165) is 5.56 Å². The molecule has 0 radical (unpaired) electrons. The van der Waals surface area contributed by atoms with Crippen LogP contribution in [0, 0.1) is 0 Å². The minimum absolute atomic E-state index is 0.101. The quantitative estimate of drug-likeness (QED) is 0.664. The van der Waals surface area contributed by atoms with Gasteiger partial charge in [-0.15, -0.1) is 11.3 Å². The number of amides is 1. The van der Waals surface area contributed by atoms with Gasteiger partial charge >= 0.3 is 5.97 Å². The van der Waals surface area contributed by atoms with E-state index in [1.165, 1.54) is 11.3 Å². The lowest BCUT2D eigenvalue weighted by Crippen LogP contribution is -2.39. The van der Waals surface area contributed by atoms with Crippen LogP contribution in [0.1, 0.15) is 44.9 Å². The Labute approximate surface area is 162 Å². The van der Waals surface area contributed by atoms with Gasteiger partial charge in [-0.2, -0.15) is 0 Å². The first-order valence-electron chi connectivity index (χ1n) is 8.62. The van der Waals surface area contributed by atoms with Gasteiger partial charge in [-0.05, 0) is 37.5 Å². The van der Waals surface area contributed by atoms with Crippen molar-refractivity contribution in [2.75, 3.05) is 11.9 Å². The van der Waals surface area contributed by atoms with Gasteiger partial charge in [0, 0.05) is 10.4 Å². The van der Waals surface area contributed by atoms with Gasteiger partial charge in [0.1, 0.15) is 0 Å². The standard InChI is InChI=1S/C19H23ClN2O3S/c1-4-19(5-2,13-7-9-14(20)10-8-13)17(24)22-18-21-15(12-26-18)11-16(23)25-6-3/h7-10,12H,4-6,11H2,1-3H3,(H,21,22,24). The molecule has 1 heterocycles. The third-order valence-electron chi connectivity index (χ3n) is 4.44. The number of carbonyl (C=O) groups excluding carboxylic acids is 2. The van der Waals surface area contributed by atoms with Crippen molar-refractivity contribution in [1.29, 1.82) is 0 Å². The summed E-state index contributed by atoms with van der Waals surface area (Å²) in [6, 6.07) is 7.38. The van der Waals surface area contributed by atoms with Crippen molar-refractivity contribution >= 4 is 39.9 Å². The number of benzene rings is 1. The Bertz CT molecular complexity index is 754. The summed E-state index contributed by atoms with van der Waals surface area (Å²) in [5.41, 5.74) is 0.860. The van der Waals surface area contributed by atoms with Crippen LogP contribution in [0.5, 0.6) is 0 Å². The van der Waals surface area contributed by atoms with E-state index in [4.69, 9.17) is 16.3 Å². The summed E-state index contributed by atoms with van der Waals surface area (Å²) in [6.45, 7) is 6.08. The minimum Gasteiger partial charge on any atom is -0.466 e. The van der Waals surface area contributed by atoms with E-state index in [9.17, 15) is 9.59 Å². The molecule has 0 saturated heterocycles. The van der Waals surface area contributed by atoms with Crippen molar-refractivity contribution in [1.82, 2.24) is 4.98 Å². The van der Waals surface area contributed by atoms with Crippen LogP contribution in [0.15, 0.2) is 29.6 Å². The molecule has 26 heavy (non-hydrogen) atoms. The van der Waals surface area contributed by atoms with Gasteiger partial charge in [0.05, 0.1) is 24.1 Å². The second-order valence-corrected chi connectivity index (χ2v) is 7.17. The normalized spacial score (nSPS) is 11.2. The van der Waals surface area contributed by atoms with Crippen LogP contribution in [-0.4, -0.2) is 23.5 Å². The lowest BCUT2D eigenvalue weighted by Gasteiger charge is -2.30. The second kappa shape index (κ2) is 9.14. The average molecular weight is 395 g/mol. The first-order valence-corrected chi connectivity index (χ1v) is 9.88. The van der Waals surface area contributed by atoms with Crippen molar-refractivity contribution in [2.24, 2.45) is 0 Å². The first-order chi connectivity index (χ1) is 12.4. The molecule has 0 unspecified atom stereocenters. The van der Waals surface area contributed by atoms with Gasteiger partial charge in [0.2, 0.25) is 5.91 Å². The van der Waals surface area contributed by atoms with Gasteiger partial charge < -0.3 is 10.1 Å². The number of nitrogens with zero attached hydrogens (tertiary/aromatic N) is 1. The lowest BCUT2D eigenvalue weighted by molar-refractivity contribution is -0.142. The van der Waals surface area contributed by atoms with Gasteiger partial charge in [-0.25, -0.2) is 4.98 Å². The first kappa shape index (κ1) is 20.4. The number of ether oxygens (including phenoxy) is 1. The zero-order valence-electron chi connectivity index (χ0n) is 15.2. The van der Waals surface area contributed by atoms with Crippen LogP contribution in [0.4, 0.5) is 5.13 Å². The Morgan fingerprint density at radius 1 is 1.19 bits per heavy atom. The largest absolute Gasteiger partial charge is 0.466 e. The molecule has 0 saturated carbocycles. The molecule has 2 aromatic rings. The summed E-state index contributed by atoms with van der Waals surface area (Å²) in [6.07, 6.45) is 1.40.